The van der Waals surface area contributed by atoms with Crippen molar-refractivity contribution in [1.82, 2.24) is 0 Å². The van der Waals surface area contributed by atoms with E-state index in [1.165, 1.54) is 0 Å². The minimum atomic E-state index is -2.86. The Labute approximate surface area is 108 Å². The Kier molecular flexibility index (Phi) is 3.92. The van der Waals surface area contributed by atoms with Crippen molar-refractivity contribution in [2.45, 2.75) is 12.8 Å². The quantitative estimate of drug-likeness (QED) is 0.852. The van der Waals surface area contributed by atoms with E-state index in [2.05, 4.69) is 0 Å². The Bertz CT molecular complexity index is 513. The third-order valence-corrected chi connectivity index (χ3v) is 5.44. The zero-order chi connectivity index (χ0) is 13.2. The highest BCUT2D eigenvalue weighted by molar-refractivity contribution is 7.91. The van der Waals surface area contributed by atoms with Crippen molar-refractivity contribution in [1.29, 1.82) is 0 Å². The second-order valence-electron chi connectivity index (χ2n) is 5.03. The summed E-state index contributed by atoms with van der Waals surface area (Å²) >= 11 is 0. The number of sulfone groups is 1. The summed E-state index contributed by atoms with van der Waals surface area (Å²) in [6.45, 7) is 0.482. The first kappa shape index (κ1) is 13.4. The summed E-state index contributed by atoms with van der Waals surface area (Å²) in [6, 6.07) is 7.07. The molecule has 1 aliphatic rings. The van der Waals surface area contributed by atoms with Crippen molar-refractivity contribution in [3.05, 3.63) is 29.8 Å². The third-order valence-electron chi connectivity index (χ3n) is 3.65. The van der Waals surface area contributed by atoms with E-state index >= 15 is 0 Å². The summed E-state index contributed by atoms with van der Waals surface area (Å²) in [7, 11) is -2.86. The summed E-state index contributed by atoms with van der Waals surface area (Å²) < 4.78 is 23.0. The largest absolute Gasteiger partial charge is 0.508 e. The fraction of sp³-hybridized carbons (Fsp3) is 0.538. The van der Waals surface area contributed by atoms with Crippen LogP contribution in [0.4, 0.5) is 0 Å². The van der Waals surface area contributed by atoms with Crippen LogP contribution in [0.2, 0.25) is 0 Å². The van der Waals surface area contributed by atoms with Gasteiger partial charge in [0, 0.05) is 0 Å². The van der Waals surface area contributed by atoms with Crippen molar-refractivity contribution in [2.24, 2.45) is 17.6 Å². The predicted molar refractivity (Wildman–Crippen MR) is 71.1 cm³/mol. The maximum atomic E-state index is 11.5. The maximum absolute atomic E-state index is 11.5. The number of hydrogen-bond donors (Lipinski definition) is 2. The molecule has 0 bridgehead atoms. The molecular formula is C13H19NO3S. The molecule has 0 radical (unpaired) electrons. The first-order chi connectivity index (χ1) is 8.50. The minimum Gasteiger partial charge on any atom is -0.508 e. The Balaban J connectivity index is 2.06. The molecule has 2 rings (SSSR count). The SMILES string of the molecule is NCC(Cc1cccc(O)c1)C1CCS(=O)(=O)C1. The van der Waals surface area contributed by atoms with Crippen molar-refractivity contribution in [3.8, 4) is 5.75 Å². The van der Waals surface area contributed by atoms with Crippen LogP contribution in [-0.4, -0.2) is 31.6 Å². The molecule has 0 spiro atoms. The zero-order valence-corrected chi connectivity index (χ0v) is 11.1. The van der Waals surface area contributed by atoms with Gasteiger partial charge in [0.05, 0.1) is 11.5 Å². The minimum absolute atomic E-state index is 0.155. The summed E-state index contributed by atoms with van der Waals surface area (Å²) in [5, 5.41) is 9.42. The van der Waals surface area contributed by atoms with Crippen LogP contribution >= 0.6 is 0 Å². The Morgan fingerprint density at radius 1 is 1.44 bits per heavy atom. The number of hydrogen-bond acceptors (Lipinski definition) is 4. The molecule has 0 aliphatic carbocycles. The normalized spacial score (nSPS) is 23.9. The molecule has 1 aliphatic heterocycles. The van der Waals surface area contributed by atoms with Crippen molar-refractivity contribution >= 4 is 9.84 Å². The highest BCUT2D eigenvalue weighted by Gasteiger charge is 2.32. The van der Waals surface area contributed by atoms with E-state index in [0.717, 1.165) is 12.0 Å². The lowest BCUT2D eigenvalue weighted by atomic mass is 9.86. The van der Waals surface area contributed by atoms with Crippen LogP contribution in [0.25, 0.3) is 0 Å². The van der Waals surface area contributed by atoms with Gasteiger partial charge < -0.3 is 10.8 Å². The highest BCUT2D eigenvalue weighted by atomic mass is 32.2. The van der Waals surface area contributed by atoms with Gasteiger partial charge >= 0.3 is 0 Å². The number of rotatable bonds is 4. The van der Waals surface area contributed by atoms with Crippen LogP contribution in [0, 0.1) is 11.8 Å². The first-order valence-electron chi connectivity index (χ1n) is 6.18. The van der Waals surface area contributed by atoms with Crippen LogP contribution < -0.4 is 5.73 Å². The van der Waals surface area contributed by atoms with Gasteiger partial charge in [-0.05, 0) is 48.9 Å². The average molecular weight is 269 g/mol. The topological polar surface area (TPSA) is 80.4 Å². The zero-order valence-electron chi connectivity index (χ0n) is 10.2. The number of benzene rings is 1. The number of phenolic OH excluding ortho intramolecular Hbond substituents is 1. The molecule has 1 saturated heterocycles. The second kappa shape index (κ2) is 5.28. The molecule has 1 heterocycles. The summed E-state index contributed by atoms with van der Waals surface area (Å²) in [4.78, 5) is 0. The van der Waals surface area contributed by atoms with Gasteiger partial charge in [-0.1, -0.05) is 12.1 Å². The molecule has 2 atom stereocenters. The van der Waals surface area contributed by atoms with Crippen molar-refractivity contribution in [3.63, 3.8) is 0 Å². The lowest BCUT2D eigenvalue weighted by Crippen LogP contribution is -2.26. The summed E-state index contributed by atoms with van der Waals surface area (Å²) in [6.07, 6.45) is 1.44. The third kappa shape index (κ3) is 3.23. The highest BCUT2D eigenvalue weighted by Crippen LogP contribution is 2.28. The van der Waals surface area contributed by atoms with Gasteiger partial charge in [-0.25, -0.2) is 8.42 Å². The molecule has 0 saturated carbocycles. The lowest BCUT2D eigenvalue weighted by molar-refractivity contribution is 0.370. The maximum Gasteiger partial charge on any atom is 0.150 e. The van der Waals surface area contributed by atoms with Crippen molar-refractivity contribution in [2.75, 3.05) is 18.1 Å². The molecule has 18 heavy (non-hydrogen) atoms. The van der Waals surface area contributed by atoms with Gasteiger partial charge in [-0.15, -0.1) is 0 Å². The van der Waals surface area contributed by atoms with Gasteiger partial charge in [0.1, 0.15) is 5.75 Å². The number of aromatic hydroxyl groups is 1. The van der Waals surface area contributed by atoms with Crippen LogP contribution in [0.15, 0.2) is 24.3 Å². The lowest BCUT2D eigenvalue weighted by Gasteiger charge is -2.20. The molecule has 0 amide bonds. The van der Waals surface area contributed by atoms with E-state index in [4.69, 9.17) is 5.73 Å². The molecule has 1 aromatic rings. The molecule has 0 aromatic heterocycles. The molecule has 3 N–H and O–H groups in total. The monoisotopic (exact) mass is 269 g/mol. The molecular weight excluding hydrogens is 250 g/mol. The van der Waals surface area contributed by atoms with Crippen LogP contribution in [0.5, 0.6) is 5.75 Å². The van der Waals surface area contributed by atoms with Crippen LogP contribution in [0.1, 0.15) is 12.0 Å². The van der Waals surface area contributed by atoms with E-state index in [1.54, 1.807) is 18.2 Å². The fourth-order valence-electron chi connectivity index (χ4n) is 2.62. The standard InChI is InChI=1S/C13H19NO3S/c14-8-12(11-4-5-18(16,17)9-11)6-10-2-1-3-13(15)7-10/h1-3,7,11-12,15H,4-6,8-9,14H2. The molecule has 4 nitrogen and oxygen atoms in total. The summed E-state index contributed by atoms with van der Waals surface area (Å²) in [5.41, 5.74) is 6.78. The van der Waals surface area contributed by atoms with Gasteiger partial charge in [-0.2, -0.15) is 0 Å². The second-order valence-corrected chi connectivity index (χ2v) is 7.26. The number of nitrogens with two attached hydrogens (primary N) is 1. The van der Waals surface area contributed by atoms with E-state index in [9.17, 15) is 13.5 Å². The van der Waals surface area contributed by atoms with E-state index in [-0.39, 0.29) is 29.1 Å². The van der Waals surface area contributed by atoms with Crippen LogP contribution in [-0.2, 0) is 16.3 Å². The van der Waals surface area contributed by atoms with Gasteiger partial charge in [-0.3, -0.25) is 0 Å². The van der Waals surface area contributed by atoms with Gasteiger partial charge in [0.15, 0.2) is 9.84 Å². The molecule has 1 aromatic carbocycles. The van der Waals surface area contributed by atoms with Gasteiger partial charge in [0.25, 0.3) is 0 Å². The Hall–Kier alpha value is -1.07. The van der Waals surface area contributed by atoms with Crippen molar-refractivity contribution < 1.29 is 13.5 Å². The Morgan fingerprint density at radius 3 is 2.78 bits per heavy atom. The van der Waals surface area contributed by atoms with E-state index < -0.39 is 9.84 Å². The number of phenols is 1. The van der Waals surface area contributed by atoms with E-state index in [1.807, 2.05) is 6.07 Å². The average Bonchev–Trinajstić information content (AvgIpc) is 2.66. The Morgan fingerprint density at radius 2 is 2.22 bits per heavy atom. The van der Waals surface area contributed by atoms with Gasteiger partial charge in [0.2, 0.25) is 0 Å². The smallest absolute Gasteiger partial charge is 0.150 e. The predicted octanol–water partition coefficient (Wildman–Crippen LogP) is 0.944. The van der Waals surface area contributed by atoms with Crippen LogP contribution in [0.3, 0.4) is 0 Å². The van der Waals surface area contributed by atoms with E-state index in [0.29, 0.717) is 13.0 Å². The molecule has 1 fully saturated rings. The first-order valence-corrected chi connectivity index (χ1v) is 8.01. The molecule has 2 unspecified atom stereocenters. The fourth-order valence-corrected chi connectivity index (χ4v) is 4.54. The molecule has 5 heteroatoms. The summed E-state index contributed by atoms with van der Waals surface area (Å²) in [5.74, 6) is 1.11. The molecule has 100 valence electrons.